The smallest absolute Gasteiger partial charge is 0.0847 e. The van der Waals surface area contributed by atoms with Crippen LogP contribution in [0.2, 0.25) is 5.02 Å². The number of nitrogens with one attached hydrogen (secondary N) is 1. The molecule has 114 valence electrons. The molecule has 5 heteroatoms. The van der Waals surface area contributed by atoms with Crippen LogP contribution in [0.4, 0.5) is 0 Å². The molecule has 1 unspecified atom stereocenters. The molecule has 0 aliphatic rings. The topological polar surface area (TPSA) is 29.9 Å². The lowest BCUT2D eigenvalue weighted by Gasteiger charge is -2.21. The first-order chi connectivity index (χ1) is 9.95. The molecule has 1 atom stereocenters. The summed E-state index contributed by atoms with van der Waals surface area (Å²) in [5.41, 5.74) is 4.44. The fraction of sp³-hybridized carbons (Fsp3) is 0.438. The van der Waals surface area contributed by atoms with Crippen LogP contribution in [0, 0.1) is 13.8 Å². The first-order valence-electron chi connectivity index (χ1n) is 7.12. The number of benzene rings is 1. The van der Waals surface area contributed by atoms with Gasteiger partial charge in [0, 0.05) is 24.0 Å². The van der Waals surface area contributed by atoms with Crippen LogP contribution < -0.4 is 5.32 Å². The molecule has 0 bridgehead atoms. The van der Waals surface area contributed by atoms with Crippen LogP contribution in [-0.2, 0) is 13.5 Å². The molecular formula is C16H21BrClN3. The zero-order chi connectivity index (χ0) is 15.6. The van der Waals surface area contributed by atoms with E-state index in [0.717, 1.165) is 33.8 Å². The summed E-state index contributed by atoms with van der Waals surface area (Å²) in [6, 6.07) is 6.56. The molecule has 1 aromatic heterocycles. The van der Waals surface area contributed by atoms with E-state index in [4.69, 9.17) is 11.6 Å². The second-order valence-electron chi connectivity index (χ2n) is 5.26. The number of likely N-dealkylation sites (N-methyl/N-ethyl adjacent to an activating group) is 1. The number of rotatable bonds is 5. The number of aryl methyl sites for hydroxylation is 3. The molecule has 0 radical (unpaired) electrons. The van der Waals surface area contributed by atoms with Crippen molar-refractivity contribution in [2.75, 3.05) is 6.54 Å². The van der Waals surface area contributed by atoms with Crippen molar-refractivity contribution in [3.63, 3.8) is 0 Å². The molecule has 21 heavy (non-hydrogen) atoms. The fourth-order valence-corrected chi connectivity index (χ4v) is 3.35. The van der Waals surface area contributed by atoms with Crippen LogP contribution in [0.1, 0.15) is 35.5 Å². The van der Waals surface area contributed by atoms with Gasteiger partial charge in [0.2, 0.25) is 0 Å². The van der Waals surface area contributed by atoms with E-state index in [9.17, 15) is 0 Å². The monoisotopic (exact) mass is 369 g/mol. The van der Waals surface area contributed by atoms with Gasteiger partial charge in [0.25, 0.3) is 0 Å². The fourth-order valence-electron chi connectivity index (χ4n) is 2.57. The van der Waals surface area contributed by atoms with Crippen LogP contribution in [0.25, 0.3) is 0 Å². The Hall–Kier alpha value is -0.840. The highest BCUT2D eigenvalue weighted by molar-refractivity contribution is 9.10. The van der Waals surface area contributed by atoms with Crippen LogP contribution in [-0.4, -0.2) is 16.3 Å². The third kappa shape index (κ3) is 3.50. The number of nitrogens with zero attached hydrogens (tertiary/aromatic N) is 2. The average Bonchev–Trinajstić information content (AvgIpc) is 2.68. The molecule has 2 aromatic rings. The van der Waals surface area contributed by atoms with Crippen LogP contribution >= 0.6 is 27.5 Å². The second-order valence-corrected chi connectivity index (χ2v) is 6.43. The molecule has 1 heterocycles. The van der Waals surface area contributed by atoms with Gasteiger partial charge >= 0.3 is 0 Å². The van der Waals surface area contributed by atoms with E-state index in [1.807, 2.05) is 18.7 Å². The van der Waals surface area contributed by atoms with E-state index in [-0.39, 0.29) is 6.04 Å². The summed E-state index contributed by atoms with van der Waals surface area (Å²) in [5, 5.41) is 8.72. The molecule has 0 fully saturated rings. The van der Waals surface area contributed by atoms with Gasteiger partial charge < -0.3 is 5.32 Å². The Morgan fingerprint density at radius 3 is 2.67 bits per heavy atom. The van der Waals surface area contributed by atoms with Gasteiger partial charge in [0.05, 0.1) is 16.4 Å². The van der Waals surface area contributed by atoms with Gasteiger partial charge in [-0.3, -0.25) is 4.68 Å². The first-order valence-corrected chi connectivity index (χ1v) is 8.29. The minimum Gasteiger partial charge on any atom is -0.310 e. The quantitative estimate of drug-likeness (QED) is 0.848. The summed E-state index contributed by atoms with van der Waals surface area (Å²) in [5.74, 6) is 0. The molecule has 1 N–H and O–H groups in total. The lowest BCUT2D eigenvalue weighted by molar-refractivity contribution is 0.527. The standard InChI is InChI=1S/C16H21BrClN3/c1-5-19-13(12-8-6-7-10(2)15(12)17)9-14-16(18)11(3)20-21(14)4/h6-8,13,19H,5,9H2,1-4H3. The highest BCUT2D eigenvalue weighted by atomic mass is 79.9. The van der Waals surface area contributed by atoms with E-state index in [1.54, 1.807) is 0 Å². The van der Waals surface area contributed by atoms with Crippen LogP contribution in [0.3, 0.4) is 0 Å². The summed E-state index contributed by atoms with van der Waals surface area (Å²) in [4.78, 5) is 0. The largest absolute Gasteiger partial charge is 0.310 e. The molecular weight excluding hydrogens is 350 g/mol. The van der Waals surface area contributed by atoms with E-state index in [1.165, 1.54) is 11.1 Å². The highest BCUT2D eigenvalue weighted by Gasteiger charge is 2.20. The maximum atomic E-state index is 6.39. The molecule has 0 saturated carbocycles. The van der Waals surface area contributed by atoms with Gasteiger partial charge in [-0.1, -0.05) is 52.7 Å². The van der Waals surface area contributed by atoms with Crippen molar-refractivity contribution < 1.29 is 0 Å². The molecule has 0 amide bonds. The second kappa shape index (κ2) is 6.95. The molecule has 2 rings (SSSR count). The maximum absolute atomic E-state index is 6.39. The van der Waals surface area contributed by atoms with Gasteiger partial charge in [-0.15, -0.1) is 0 Å². The molecule has 0 spiro atoms. The van der Waals surface area contributed by atoms with Crippen LogP contribution in [0.5, 0.6) is 0 Å². The number of aromatic nitrogens is 2. The van der Waals surface area contributed by atoms with Gasteiger partial charge in [-0.05, 0) is 31.5 Å². The Balaban J connectivity index is 2.38. The summed E-state index contributed by atoms with van der Waals surface area (Å²) in [6.07, 6.45) is 0.812. The predicted octanol–water partition coefficient (Wildman–Crippen LogP) is 4.35. The maximum Gasteiger partial charge on any atom is 0.0847 e. The van der Waals surface area contributed by atoms with Crippen molar-refractivity contribution in [1.29, 1.82) is 0 Å². The lowest BCUT2D eigenvalue weighted by atomic mass is 10.00. The van der Waals surface area contributed by atoms with Gasteiger partial charge in [-0.2, -0.15) is 5.10 Å². The number of hydrogen-bond acceptors (Lipinski definition) is 2. The van der Waals surface area contributed by atoms with Crippen molar-refractivity contribution in [2.24, 2.45) is 7.05 Å². The Bertz CT molecular complexity index is 637. The SMILES string of the molecule is CCNC(Cc1c(Cl)c(C)nn1C)c1cccc(C)c1Br. The minimum absolute atomic E-state index is 0.205. The van der Waals surface area contributed by atoms with E-state index < -0.39 is 0 Å². The van der Waals surface area contributed by atoms with E-state index >= 15 is 0 Å². The zero-order valence-electron chi connectivity index (χ0n) is 12.9. The van der Waals surface area contributed by atoms with Crippen molar-refractivity contribution in [1.82, 2.24) is 15.1 Å². The Morgan fingerprint density at radius 1 is 1.38 bits per heavy atom. The molecule has 0 saturated heterocycles. The molecule has 3 nitrogen and oxygen atoms in total. The lowest BCUT2D eigenvalue weighted by Crippen LogP contribution is -2.24. The summed E-state index contributed by atoms with van der Waals surface area (Å²) >= 11 is 10.1. The highest BCUT2D eigenvalue weighted by Crippen LogP contribution is 2.31. The Morgan fingerprint density at radius 2 is 2.10 bits per heavy atom. The molecule has 0 aliphatic heterocycles. The summed E-state index contributed by atoms with van der Waals surface area (Å²) < 4.78 is 3.04. The number of hydrogen-bond donors (Lipinski definition) is 1. The van der Waals surface area contributed by atoms with E-state index in [0.29, 0.717) is 0 Å². The molecule has 1 aromatic carbocycles. The van der Waals surface area contributed by atoms with Crippen molar-refractivity contribution in [3.05, 3.63) is 50.2 Å². The summed E-state index contributed by atoms with van der Waals surface area (Å²) in [7, 11) is 1.95. The third-order valence-electron chi connectivity index (χ3n) is 3.71. The normalized spacial score (nSPS) is 12.7. The van der Waals surface area contributed by atoms with Crippen molar-refractivity contribution in [3.8, 4) is 0 Å². The van der Waals surface area contributed by atoms with E-state index in [2.05, 4.69) is 58.4 Å². The van der Waals surface area contributed by atoms with Gasteiger partial charge in [-0.25, -0.2) is 0 Å². The Kier molecular flexibility index (Phi) is 5.47. The van der Waals surface area contributed by atoms with Crippen LogP contribution in [0.15, 0.2) is 22.7 Å². The minimum atomic E-state index is 0.205. The third-order valence-corrected chi connectivity index (χ3v) is 5.28. The average molecular weight is 371 g/mol. The van der Waals surface area contributed by atoms with Gasteiger partial charge in [0.15, 0.2) is 0 Å². The summed E-state index contributed by atoms with van der Waals surface area (Å²) in [6.45, 7) is 7.07. The predicted molar refractivity (Wildman–Crippen MR) is 92.0 cm³/mol. The Labute approximate surface area is 139 Å². The first kappa shape index (κ1) is 16.5. The zero-order valence-corrected chi connectivity index (χ0v) is 15.2. The van der Waals surface area contributed by atoms with Crippen molar-refractivity contribution >= 4 is 27.5 Å². The van der Waals surface area contributed by atoms with Crippen molar-refractivity contribution in [2.45, 2.75) is 33.2 Å². The molecule has 0 aliphatic carbocycles. The number of halogens is 2. The van der Waals surface area contributed by atoms with Gasteiger partial charge in [0.1, 0.15) is 0 Å².